The normalized spacial score (nSPS) is 11.8. The highest BCUT2D eigenvalue weighted by Crippen LogP contribution is 2.48. The number of fused-ring (bicyclic) bond motifs is 6. The second-order valence-electron chi connectivity index (χ2n) is 21.5. The number of aryl methyl sites for hydroxylation is 8. The van der Waals surface area contributed by atoms with E-state index in [1.165, 1.54) is 6.07 Å². The lowest BCUT2D eigenvalue weighted by Gasteiger charge is -2.21. The van der Waals surface area contributed by atoms with Gasteiger partial charge in [-0.15, -0.1) is 0 Å². The fourth-order valence-electron chi connectivity index (χ4n) is 12.2. The Morgan fingerprint density at radius 3 is 1.05 bits per heavy atom. The third-order valence-corrected chi connectivity index (χ3v) is 15.2. The minimum atomic E-state index is -4.75. The first-order valence-corrected chi connectivity index (χ1v) is 26.1. The summed E-state index contributed by atoms with van der Waals surface area (Å²) >= 11 is 0. The van der Waals surface area contributed by atoms with Crippen LogP contribution < -0.4 is 0 Å². The Morgan fingerprint density at radius 2 is 0.731 bits per heavy atom. The van der Waals surface area contributed by atoms with Crippen molar-refractivity contribution in [3.63, 3.8) is 0 Å². The van der Waals surface area contributed by atoms with Crippen LogP contribution in [0.2, 0.25) is 0 Å². The highest BCUT2D eigenvalue weighted by molar-refractivity contribution is 6.15. The maximum absolute atomic E-state index is 14.9. The second-order valence-corrected chi connectivity index (χ2v) is 21.5. The van der Waals surface area contributed by atoms with Crippen LogP contribution in [0.25, 0.3) is 115 Å². The number of rotatable bonds is 7. The van der Waals surface area contributed by atoms with Crippen LogP contribution >= 0.6 is 0 Å². The van der Waals surface area contributed by atoms with E-state index in [1.54, 1.807) is 0 Å². The minimum Gasteiger partial charge on any atom is -0.319 e. The zero-order chi connectivity index (χ0) is 54.5. The molecule has 2 aromatic heterocycles. The summed E-state index contributed by atoms with van der Waals surface area (Å²) in [5.74, 6) is 0. The zero-order valence-corrected chi connectivity index (χ0v) is 44.7. The highest BCUT2D eigenvalue weighted by Gasteiger charge is 2.33. The standard InChI is InChI=1S/C71H53F3N4/c1-40-20-41(2)25-53(24-40)49-10-15-64-60(35-49)61-36-50(54-26-42(3)21-43(4)27-54)11-16-65(61)77(64)68-19-14-59(57-32-48(39-75)33-58(34-57)71(72,73)74)70(69(68)76-9)78-66-17-12-51(55-28-44(5)22-45(6)29-55)37-62(66)63-38-52(13-18-67(63)78)56-30-46(7)23-47(8)31-56/h10-38H,1-8H3. The Kier molecular flexibility index (Phi) is 11.8. The van der Waals surface area contributed by atoms with Crippen LogP contribution in [0.4, 0.5) is 18.9 Å². The van der Waals surface area contributed by atoms with E-state index in [1.807, 2.05) is 18.2 Å². The molecule has 0 aliphatic rings. The monoisotopic (exact) mass is 1020 g/mol. The summed E-state index contributed by atoms with van der Waals surface area (Å²) in [6.07, 6.45) is -4.75. The topological polar surface area (TPSA) is 38.0 Å². The fourth-order valence-corrected chi connectivity index (χ4v) is 12.2. The fraction of sp³-hybridized carbons (Fsp3) is 0.127. The summed E-state index contributed by atoms with van der Waals surface area (Å²) < 4.78 is 49.0. The number of nitriles is 1. The van der Waals surface area contributed by atoms with Crippen molar-refractivity contribution >= 4 is 49.3 Å². The molecule has 12 aromatic rings. The van der Waals surface area contributed by atoms with Gasteiger partial charge >= 0.3 is 6.18 Å². The molecule has 0 spiro atoms. The SMILES string of the molecule is [C-]#[N+]c1c(-n2c3ccc(-c4cc(C)cc(C)c4)cc3c3cc(-c4cc(C)cc(C)c4)ccc32)ccc(-c2cc(C#N)cc(C(F)(F)F)c2)c1-n1c2ccc(-c3cc(C)cc(C)c3)cc2c2cc(-c3cc(C)cc(C)c3)ccc21. The Morgan fingerprint density at radius 1 is 0.385 bits per heavy atom. The molecule has 0 aliphatic heterocycles. The van der Waals surface area contributed by atoms with Gasteiger partial charge < -0.3 is 9.13 Å². The van der Waals surface area contributed by atoms with Gasteiger partial charge in [0.15, 0.2) is 0 Å². The molecule has 0 atom stereocenters. The summed E-state index contributed by atoms with van der Waals surface area (Å²) in [5.41, 5.74) is 21.5. The molecule has 7 heteroatoms. The molecule has 0 saturated carbocycles. The maximum Gasteiger partial charge on any atom is 0.416 e. The van der Waals surface area contributed by atoms with Gasteiger partial charge in [-0.25, -0.2) is 4.85 Å². The number of alkyl halides is 3. The number of halogens is 3. The smallest absolute Gasteiger partial charge is 0.319 e. The summed E-state index contributed by atoms with van der Waals surface area (Å²) in [5, 5.41) is 14.1. The van der Waals surface area contributed by atoms with E-state index in [-0.39, 0.29) is 16.8 Å². The van der Waals surface area contributed by atoms with Crippen LogP contribution in [0.15, 0.2) is 176 Å². The van der Waals surface area contributed by atoms with Crippen molar-refractivity contribution in [1.82, 2.24) is 9.13 Å². The first-order chi connectivity index (χ1) is 37.4. The van der Waals surface area contributed by atoms with E-state index in [9.17, 15) is 25.0 Å². The number of hydrogen-bond donors (Lipinski definition) is 0. The lowest BCUT2D eigenvalue weighted by atomic mass is 9.96. The van der Waals surface area contributed by atoms with Gasteiger partial charge in [-0.3, -0.25) is 0 Å². The third-order valence-electron chi connectivity index (χ3n) is 15.2. The van der Waals surface area contributed by atoms with Crippen molar-refractivity contribution in [2.75, 3.05) is 0 Å². The lowest BCUT2D eigenvalue weighted by molar-refractivity contribution is -0.137. The largest absolute Gasteiger partial charge is 0.416 e. The van der Waals surface area contributed by atoms with Crippen LogP contribution in [0.1, 0.15) is 55.6 Å². The van der Waals surface area contributed by atoms with Gasteiger partial charge in [0, 0.05) is 21.5 Å². The average molecular weight is 1020 g/mol. The van der Waals surface area contributed by atoms with Crippen LogP contribution in [0.5, 0.6) is 0 Å². The first-order valence-electron chi connectivity index (χ1n) is 26.1. The van der Waals surface area contributed by atoms with Gasteiger partial charge in [-0.1, -0.05) is 148 Å². The molecule has 0 saturated heterocycles. The molecule has 0 amide bonds. The number of hydrogen-bond acceptors (Lipinski definition) is 1. The van der Waals surface area contributed by atoms with Gasteiger partial charge in [-0.2, -0.15) is 18.4 Å². The number of benzene rings is 10. The molecule has 0 radical (unpaired) electrons. The molecule has 4 nitrogen and oxygen atoms in total. The van der Waals surface area contributed by atoms with Gasteiger partial charge in [-0.05, 0) is 184 Å². The van der Waals surface area contributed by atoms with Gasteiger partial charge in [0.25, 0.3) is 0 Å². The van der Waals surface area contributed by atoms with E-state index in [0.29, 0.717) is 16.9 Å². The minimum absolute atomic E-state index is 0.140. The number of nitrogens with zero attached hydrogens (tertiary/aromatic N) is 4. The Bertz CT molecular complexity index is 4310. The van der Waals surface area contributed by atoms with Crippen LogP contribution in [0.3, 0.4) is 0 Å². The van der Waals surface area contributed by atoms with Crippen LogP contribution in [0, 0.1) is 73.3 Å². The van der Waals surface area contributed by atoms with Gasteiger partial charge in [0.2, 0.25) is 5.69 Å². The predicted molar refractivity (Wildman–Crippen MR) is 316 cm³/mol. The van der Waals surface area contributed by atoms with Crippen molar-refractivity contribution in [1.29, 1.82) is 5.26 Å². The maximum atomic E-state index is 14.9. The molecule has 10 aromatic carbocycles. The van der Waals surface area contributed by atoms with Crippen molar-refractivity contribution in [2.24, 2.45) is 0 Å². The first kappa shape index (κ1) is 49.4. The summed E-state index contributed by atoms with van der Waals surface area (Å²) in [6.45, 7) is 26.1. The van der Waals surface area contributed by atoms with Crippen molar-refractivity contribution in [3.8, 4) is 73.1 Å². The molecular weight excluding hydrogens is 966 g/mol. The van der Waals surface area contributed by atoms with Crippen molar-refractivity contribution in [2.45, 2.75) is 61.6 Å². The van der Waals surface area contributed by atoms with Gasteiger partial charge in [0.05, 0.1) is 57.2 Å². The average Bonchev–Trinajstić information content (AvgIpc) is 4.15. The summed E-state index contributed by atoms with van der Waals surface area (Å²) in [4.78, 5) is 4.47. The molecule has 0 N–H and O–H groups in total. The van der Waals surface area contributed by atoms with Crippen molar-refractivity contribution in [3.05, 3.63) is 243 Å². The Hall–Kier alpha value is -9.43. The molecule has 12 rings (SSSR count). The predicted octanol–water partition coefficient (Wildman–Crippen LogP) is 20.1. The molecule has 0 bridgehead atoms. The Labute approximate surface area is 452 Å². The van der Waals surface area contributed by atoms with Crippen molar-refractivity contribution < 1.29 is 13.2 Å². The molecule has 0 unspecified atom stereocenters. The van der Waals surface area contributed by atoms with E-state index in [2.05, 4.69) is 215 Å². The molecule has 378 valence electrons. The lowest BCUT2D eigenvalue weighted by Crippen LogP contribution is -2.07. The van der Waals surface area contributed by atoms with E-state index in [0.717, 1.165) is 145 Å². The molecule has 0 aliphatic carbocycles. The molecule has 2 heterocycles. The number of aromatic nitrogens is 2. The zero-order valence-electron chi connectivity index (χ0n) is 44.7. The Balaban J connectivity index is 1.21. The van der Waals surface area contributed by atoms with E-state index >= 15 is 0 Å². The molecule has 78 heavy (non-hydrogen) atoms. The van der Waals surface area contributed by atoms with E-state index < -0.39 is 11.7 Å². The third kappa shape index (κ3) is 8.68. The van der Waals surface area contributed by atoms with Crippen LogP contribution in [-0.2, 0) is 6.18 Å². The summed E-state index contributed by atoms with van der Waals surface area (Å²) in [7, 11) is 0. The molecule has 0 fully saturated rings. The quantitative estimate of drug-likeness (QED) is 0.147. The summed E-state index contributed by atoms with van der Waals surface area (Å²) in [6, 6.07) is 61.0. The highest BCUT2D eigenvalue weighted by atomic mass is 19.4. The molecular formula is C71H53F3N4. The van der Waals surface area contributed by atoms with Gasteiger partial charge in [0.1, 0.15) is 0 Å². The second kappa shape index (κ2) is 18.7. The van der Waals surface area contributed by atoms with E-state index in [4.69, 9.17) is 0 Å². The van der Waals surface area contributed by atoms with Crippen LogP contribution in [-0.4, -0.2) is 9.13 Å².